The van der Waals surface area contributed by atoms with E-state index in [1.54, 1.807) is 12.3 Å². The summed E-state index contributed by atoms with van der Waals surface area (Å²) in [5.41, 5.74) is 5.50. The van der Waals surface area contributed by atoms with Crippen LogP contribution in [0.15, 0.2) is 45.9 Å². The largest absolute Gasteiger partial charge is 0.363 e. The van der Waals surface area contributed by atoms with Gasteiger partial charge in [-0.15, -0.1) is 0 Å². The lowest BCUT2D eigenvalue weighted by molar-refractivity contribution is 0.561. The second-order valence-corrected chi connectivity index (χ2v) is 8.18. The maximum absolute atomic E-state index is 14.8. The first-order valence-electron chi connectivity index (χ1n) is 8.84. The molecule has 2 aromatic rings. The van der Waals surface area contributed by atoms with Gasteiger partial charge in [0.2, 0.25) is 0 Å². The zero-order chi connectivity index (χ0) is 19.1. The number of rotatable bonds is 3. The molecule has 26 heavy (non-hydrogen) atoms. The number of aliphatic imine (C=N–C) groups is 1. The van der Waals surface area contributed by atoms with Crippen LogP contribution in [0.4, 0.5) is 15.8 Å². The molecule has 0 N–H and O–H groups in total. The Morgan fingerprint density at radius 3 is 2.58 bits per heavy atom. The van der Waals surface area contributed by atoms with E-state index in [1.165, 1.54) is 5.57 Å². The SMILES string of the molecule is CCN1c2cc(F)c(C=Nc3ccc(C)cc3Br)cc2C(C)=CC1(C)C. The van der Waals surface area contributed by atoms with Crippen LogP contribution in [0.5, 0.6) is 0 Å². The summed E-state index contributed by atoms with van der Waals surface area (Å²) in [5.74, 6) is -0.250. The Hall–Kier alpha value is -1.94. The summed E-state index contributed by atoms with van der Waals surface area (Å²) in [5, 5.41) is 0. The molecule has 0 saturated heterocycles. The van der Waals surface area contributed by atoms with Crippen molar-refractivity contribution in [2.24, 2.45) is 4.99 Å². The summed E-state index contributed by atoms with van der Waals surface area (Å²) in [6.45, 7) is 11.4. The smallest absolute Gasteiger partial charge is 0.134 e. The van der Waals surface area contributed by atoms with Crippen LogP contribution in [-0.4, -0.2) is 18.3 Å². The van der Waals surface area contributed by atoms with Gasteiger partial charge in [0.05, 0.1) is 11.2 Å². The van der Waals surface area contributed by atoms with E-state index in [-0.39, 0.29) is 11.4 Å². The van der Waals surface area contributed by atoms with E-state index in [0.717, 1.165) is 33.5 Å². The molecule has 0 atom stereocenters. The first-order valence-corrected chi connectivity index (χ1v) is 9.63. The summed E-state index contributed by atoms with van der Waals surface area (Å²) < 4.78 is 15.7. The maximum Gasteiger partial charge on any atom is 0.134 e. The molecule has 136 valence electrons. The number of hydrogen-bond acceptors (Lipinski definition) is 2. The van der Waals surface area contributed by atoms with Crippen molar-refractivity contribution in [2.45, 2.75) is 40.2 Å². The molecule has 0 bridgehead atoms. The molecule has 2 aromatic carbocycles. The third kappa shape index (κ3) is 3.48. The Morgan fingerprint density at radius 2 is 1.92 bits per heavy atom. The first kappa shape index (κ1) is 18.8. The predicted octanol–water partition coefficient (Wildman–Crippen LogP) is 6.67. The van der Waals surface area contributed by atoms with Gasteiger partial charge >= 0.3 is 0 Å². The predicted molar refractivity (Wildman–Crippen MR) is 113 cm³/mol. The van der Waals surface area contributed by atoms with Gasteiger partial charge < -0.3 is 4.90 Å². The third-order valence-electron chi connectivity index (χ3n) is 4.86. The highest BCUT2D eigenvalue weighted by Gasteiger charge is 2.30. The maximum atomic E-state index is 14.8. The number of anilines is 1. The molecule has 0 radical (unpaired) electrons. The van der Waals surface area contributed by atoms with Crippen LogP contribution in [-0.2, 0) is 0 Å². The van der Waals surface area contributed by atoms with Crippen LogP contribution in [0.3, 0.4) is 0 Å². The standard InChI is InChI=1S/C22H24BrFN2/c1-6-26-21-11-19(24)16(10-17(21)15(3)12-22(26,4)5)13-25-20-8-7-14(2)9-18(20)23/h7-13H,6H2,1-5H3. The molecule has 2 nitrogen and oxygen atoms in total. The molecular formula is C22H24BrFN2. The summed E-state index contributed by atoms with van der Waals surface area (Å²) >= 11 is 3.52. The number of nitrogens with zero attached hydrogens (tertiary/aromatic N) is 2. The molecule has 1 aliphatic rings. The number of halogens is 2. The monoisotopic (exact) mass is 414 g/mol. The van der Waals surface area contributed by atoms with Crippen molar-refractivity contribution in [1.82, 2.24) is 0 Å². The average Bonchev–Trinajstić information content (AvgIpc) is 2.54. The quantitative estimate of drug-likeness (QED) is 0.512. The molecule has 0 aromatic heterocycles. The van der Waals surface area contributed by atoms with Crippen LogP contribution >= 0.6 is 15.9 Å². The van der Waals surface area contributed by atoms with Crippen molar-refractivity contribution in [3.63, 3.8) is 0 Å². The van der Waals surface area contributed by atoms with Gasteiger partial charge in [0, 0.05) is 34.0 Å². The van der Waals surface area contributed by atoms with Crippen molar-refractivity contribution < 1.29 is 4.39 Å². The van der Waals surface area contributed by atoms with E-state index in [9.17, 15) is 4.39 Å². The summed E-state index contributed by atoms with van der Waals surface area (Å²) in [6.07, 6.45) is 3.85. The molecule has 0 unspecified atom stereocenters. The highest BCUT2D eigenvalue weighted by atomic mass is 79.9. The van der Waals surface area contributed by atoms with E-state index < -0.39 is 0 Å². The van der Waals surface area contributed by atoms with Crippen molar-refractivity contribution in [1.29, 1.82) is 0 Å². The molecule has 1 aliphatic heterocycles. The topological polar surface area (TPSA) is 15.6 Å². The van der Waals surface area contributed by atoms with Gasteiger partial charge in [-0.25, -0.2) is 4.39 Å². The molecular weight excluding hydrogens is 391 g/mol. The summed E-state index contributed by atoms with van der Waals surface area (Å²) in [4.78, 5) is 6.71. The highest BCUT2D eigenvalue weighted by Crippen LogP contribution is 2.39. The number of fused-ring (bicyclic) bond motifs is 1. The lowest BCUT2D eigenvalue weighted by Crippen LogP contribution is -2.45. The molecule has 0 fully saturated rings. The zero-order valence-corrected chi connectivity index (χ0v) is 17.5. The Bertz CT molecular complexity index is 913. The van der Waals surface area contributed by atoms with Crippen molar-refractivity contribution >= 4 is 39.1 Å². The van der Waals surface area contributed by atoms with Crippen molar-refractivity contribution in [2.75, 3.05) is 11.4 Å². The van der Waals surface area contributed by atoms with Gasteiger partial charge in [0.1, 0.15) is 5.82 Å². The molecule has 0 saturated carbocycles. The van der Waals surface area contributed by atoms with Crippen LogP contribution in [0, 0.1) is 12.7 Å². The van der Waals surface area contributed by atoms with E-state index >= 15 is 0 Å². The van der Waals surface area contributed by atoms with E-state index in [2.05, 4.69) is 59.6 Å². The van der Waals surface area contributed by atoms with Gasteiger partial charge in [-0.3, -0.25) is 4.99 Å². The van der Waals surface area contributed by atoms with Gasteiger partial charge in [0.15, 0.2) is 0 Å². The number of aryl methyl sites for hydroxylation is 1. The lowest BCUT2D eigenvalue weighted by atomic mass is 9.88. The molecule has 3 rings (SSSR count). The van der Waals surface area contributed by atoms with Crippen LogP contribution in [0.2, 0.25) is 0 Å². The van der Waals surface area contributed by atoms with Crippen molar-refractivity contribution in [3.8, 4) is 0 Å². The van der Waals surface area contributed by atoms with E-state index in [0.29, 0.717) is 5.56 Å². The molecule has 0 aliphatic carbocycles. The van der Waals surface area contributed by atoms with E-state index in [1.807, 2.05) is 31.2 Å². The normalized spacial score (nSPS) is 16.0. The Balaban J connectivity index is 2.04. The second kappa shape index (κ2) is 6.99. The van der Waals surface area contributed by atoms with Crippen LogP contribution in [0.25, 0.3) is 5.57 Å². The van der Waals surface area contributed by atoms with Gasteiger partial charge in [-0.1, -0.05) is 12.1 Å². The number of hydrogen-bond donors (Lipinski definition) is 0. The first-order chi connectivity index (χ1) is 12.2. The van der Waals surface area contributed by atoms with Gasteiger partial charge in [-0.2, -0.15) is 0 Å². The van der Waals surface area contributed by atoms with Crippen molar-refractivity contribution in [3.05, 3.63) is 63.4 Å². The molecule has 0 amide bonds. The minimum atomic E-state index is -0.250. The summed E-state index contributed by atoms with van der Waals surface area (Å²) in [7, 11) is 0. The summed E-state index contributed by atoms with van der Waals surface area (Å²) in [6, 6.07) is 9.47. The Labute approximate surface area is 163 Å². The minimum absolute atomic E-state index is 0.124. The fraction of sp³-hybridized carbons (Fsp3) is 0.318. The van der Waals surface area contributed by atoms with Gasteiger partial charge in [0.25, 0.3) is 0 Å². The third-order valence-corrected chi connectivity index (χ3v) is 5.49. The lowest BCUT2D eigenvalue weighted by Gasteiger charge is -2.42. The van der Waals surface area contributed by atoms with Crippen LogP contribution in [0.1, 0.15) is 44.4 Å². The van der Waals surface area contributed by atoms with Gasteiger partial charge in [-0.05, 0) is 86.0 Å². The Morgan fingerprint density at radius 1 is 1.19 bits per heavy atom. The second-order valence-electron chi connectivity index (χ2n) is 7.33. The molecule has 1 heterocycles. The number of allylic oxidation sites excluding steroid dienone is 1. The Kier molecular flexibility index (Phi) is 5.07. The average molecular weight is 415 g/mol. The molecule has 0 spiro atoms. The minimum Gasteiger partial charge on any atom is -0.363 e. The highest BCUT2D eigenvalue weighted by molar-refractivity contribution is 9.10. The number of benzene rings is 2. The zero-order valence-electron chi connectivity index (χ0n) is 15.9. The fourth-order valence-corrected chi connectivity index (χ4v) is 4.24. The molecule has 4 heteroatoms. The number of likely N-dealkylation sites (N-methyl/N-ethyl adjacent to an activating group) is 1. The van der Waals surface area contributed by atoms with E-state index in [4.69, 9.17) is 0 Å². The fourth-order valence-electron chi connectivity index (χ4n) is 3.65. The van der Waals surface area contributed by atoms with Crippen LogP contribution < -0.4 is 4.90 Å².